The van der Waals surface area contributed by atoms with Crippen LogP contribution >= 0.6 is 0 Å². The molecule has 0 aliphatic heterocycles. The van der Waals surface area contributed by atoms with Crippen molar-refractivity contribution in [2.24, 2.45) is 0 Å². The number of aryl methyl sites for hydroxylation is 1. The van der Waals surface area contributed by atoms with Crippen LogP contribution in [0.4, 0.5) is 5.69 Å². The largest absolute Gasteiger partial charge is 0.495 e. The molecule has 0 aliphatic carbocycles. The van der Waals surface area contributed by atoms with Gasteiger partial charge in [0.25, 0.3) is 0 Å². The number of rotatable bonds is 4. The zero-order chi connectivity index (χ0) is 16.2. The van der Waals surface area contributed by atoms with E-state index in [1.165, 1.54) is 0 Å². The number of fused-ring (bicyclic) bond motifs is 1. The molecule has 0 aliphatic rings. The molecule has 0 radical (unpaired) electrons. The normalized spacial score (nSPS) is 10.5. The van der Waals surface area contributed by atoms with Gasteiger partial charge in [0.1, 0.15) is 5.75 Å². The number of carbonyl (C=O) groups excluding carboxylic acids is 1. The van der Waals surface area contributed by atoms with Crippen molar-refractivity contribution in [3.05, 3.63) is 65.9 Å². The van der Waals surface area contributed by atoms with Crippen LogP contribution in [0.2, 0.25) is 0 Å². The number of nitrogens with one attached hydrogen (secondary N) is 1. The summed E-state index contributed by atoms with van der Waals surface area (Å²) >= 11 is 0. The Morgan fingerprint density at radius 2 is 2.00 bits per heavy atom. The van der Waals surface area contributed by atoms with E-state index < -0.39 is 0 Å². The van der Waals surface area contributed by atoms with E-state index in [2.05, 4.69) is 10.3 Å². The monoisotopic (exact) mass is 306 g/mol. The number of benzene rings is 2. The van der Waals surface area contributed by atoms with Gasteiger partial charge < -0.3 is 10.1 Å². The molecule has 1 heterocycles. The van der Waals surface area contributed by atoms with Gasteiger partial charge in [-0.3, -0.25) is 9.78 Å². The van der Waals surface area contributed by atoms with Crippen molar-refractivity contribution in [1.82, 2.24) is 4.98 Å². The highest BCUT2D eigenvalue weighted by Gasteiger charge is 2.11. The summed E-state index contributed by atoms with van der Waals surface area (Å²) in [6.45, 7) is 1.98. The number of nitrogens with zero attached hydrogens (tertiary/aromatic N) is 1. The van der Waals surface area contributed by atoms with Crippen molar-refractivity contribution in [1.29, 1.82) is 0 Å². The highest BCUT2D eigenvalue weighted by molar-refractivity contribution is 5.96. The summed E-state index contributed by atoms with van der Waals surface area (Å²) in [4.78, 5) is 16.8. The number of pyridine rings is 1. The maximum Gasteiger partial charge on any atom is 0.228 e. The van der Waals surface area contributed by atoms with Crippen molar-refractivity contribution in [2.75, 3.05) is 12.4 Å². The predicted octanol–water partition coefficient (Wildman–Crippen LogP) is 3.73. The molecule has 3 rings (SSSR count). The highest BCUT2D eigenvalue weighted by atomic mass is 16.5. The van der Waals surface area contributed by atoms with Gasteiger partial charge in [0.15, 0.2) is 0 Å². The highest BCUT2D eigenvalue weighted by Crippen LogP contribution is 2.25. The summed E-state index contributed by atoms with van der Waals surface area (Å²) in [5, 5.41) is 3.96. The van der Waals surface area contributed by atoms with Gasteiger partial charge >= 0.3 is 0 Å². The van der Waals surface area contributed by atoms with E-state index in [4.69, 9.17) is 4.74 Å². The van der Waals surface area contributed by atoms with E-state index in [0.29, 0.717) is 11.4 Å². The molecule has 1 aromatic heterocycles. The number of methoxy groups -OCH3 is 1. The van der Waals surface area contributed by atoms with Gasteiger partial charge in [-0.05, 0) is 36.2 Å². The van der Waals surface area contributed by atoms with Gasteiger partial charge in [-0.2, -0.15) is 0 Å². The number of aromatic nitrogens is 1. The standard InChI is InChI=1S/C19H18N2O2/c1-13-8-9-17(23-2)16(11-13)21-18(22)12-15-6-3-5-14-7-4-10-20-19(14)15/h3-11H,12H2,1-2H3,(H,21,22). The SMILES string of the molecule is COc1ccc(C)cc1NC(=O)Cc1cccc2cccnc12. The van der Waals surface area contributed by atoms with Crippen LogP contribution < -0.4 is 10.1 Å². The molecule has 0 spiro atoms. The first-order valence-corrected chi connectivity index (χ1v) is 7.44. The van der Waals surface area contributed by atoms with Crippen LogP contribution in [0.1, 0.15) is 11.1 Å². The lowest BCUT2D eigenvalue weighted by molar-refractivity contribution is -0.115. The van der Waals surface area contributed by atoms with Gasteiger partial charge in [0.05, 0.1) is 24.7 Å². The predicted molar refractivity (Wildman–Crippen MR) is 91.8 cm³/mol. The minimum atomic E-state index is -0.0907. The third-order valence-corrected chi connectivity index (χ3v) is 3.70. The lowest BCUT2D eigenvalue weighted by Gasteiger charge is -2.11. The Hall–Kier alpha value is -2.88. The number of amides is 1. The first-order valence-electron chi connectivity index (χ1n) is 7.44. The fraction of sp³-hybridized carbons (Fsp3) is 0.158. The lowest BCUT2D eigenvalue weighted by atomic mass is 10.1. The average molecular weight is 306 g/mol. The van der Waals surface area contributed by atoms with Crippen LogP contribution in [0.3, 0.4) is 0 Å². The Morgan fingerprint density at radius 1 is 1.17 bits per heavy atom. The van der Waals surface area contributed by atoms with E-state index in [1.54, 1.807) is 13.3 Å². The molecule has 3 aromatic rings. The number of para-hydroxylation sites is 1. The molecule has 0 saturated carbocycles. The summed E-state index contributed by atoms with van der Waals surface area (Å²) < 4.78 is 5.29. The Labute approximate surface area is 135 Å². The Morgan fingerprint density at radius 3 is 2.83 bits per heavy atom. The molecule has 1 N–H and O–H groups in total. The zero-order valence-electron chi connectivity index (χ0n) is 13.2. The molecular formula is C19H18N2O2. The molecule has 1 amide bonds. The minimum Gasteiger partial charge on any atom is -0.495 e. The van der Waals surface area contributed by atoms with Crippen LogP contribution in [0.25, 0.3) is 10.9 Å². The first kappa shape index (κ1) is 15.0. The fourth-order valence-electron chi connectivity index (χ4n) is 2.60. The van der Waals surface area contributed by atoms with E-state index in [-0.39, 0.29) is 12.3 Å². The van der Waals surface area contributed by atoms with Gasteiger partial charge in [-0.15, -0.1) is 0 Å². The molecule has 0 unspecified atom stereocenters. The van der Waals surface area contributed by atoms with Crippen LogP contribution in [-0.2, 0) is 11.2 Å². The summed E-state index contributed by atoms with van der Waals surface area (Å²) in [6.07, 6.45) is 2.01. The van der Waals surface area contributed by atoms with Gasteiger partial charge in [0, 0.05) is 11.6 Å². The van der Waals surface area contributed by atoms with Crippen LogP contribution in [-0.4, -0.2) is 18.0 Å². The lowest BCUT2D eigenvalue weighted by Crippen LogP contribution is -2.15. The van der Waals surface area contributed by atoms with Gasteiger partial charge in [-0.1, -0.05) is 30.3 Å². The van der Waals surface area contributed by atoms with E-state index in [0.717, 1.165) is 22.0 Å². The number of carbonyl (C=O) groups is 1. The molecule has 0 fully saturated rings. The average Bonchev–Trinajstić information content (AvgIpc) is 2.55. The number of hydrogen-bond donors (Lipinski definition) is 1. The summed E-state index contributed by atoms with van der Waals surface area (Å²) in [7, 11) is 1.59. The molecule has 23 heavy (non-hydrogen) atoms. The van der Waals surface area contributed by atoms with Crippen molar-refractivity contribution >= 4 is 22.5 Å². The zero-order valence-corrected chi connectivity index (χ0v) is 13.2. The molecule has 116 valence electrons. The maximum atomic E-state index is 12.4. The van der Waals surface area contributed by atoms with Crippen molar-refractivity contribution in [3.63, 3.8) is 0 Å². The Balaban J connectivity index is 1.83. The maximum absolute atomic E-state index is 12.4. The summed E-state index contributed by atoms with van der Waals surface area (Å²) in [5.74, 6) is 0.562. The molecule has 0 bridgehead atoms. The number of ether oxygens (including phenoxy) is 1. The van der Waals surface area contributed by atoms with Crippen molar-refractivity contribution in [3.8, 4) is 5.75 Å². The topological polar surface area (TPSA) is 51.2 Å². The smallest absolute Gasteiger partial charge is 0.228 e. The van der Waals surface area contributed by atoms with Crippen molar-refractivity contribution < 1.29 is 9.53 Å². The fourth-order valence-corrected chi connectivity index (χ4v) is 2.60. The summed E-state index contributed by atoms with van der Waals surface area (Å²) in [5.41, 5.74) is 3.52. The van der Waals surface area contributed by atoms with Gasteiger partial charge in [0.2, 0.25) is 5.91 Å². The second kappa shape index (κ2) is 6.48. The Kier molecular flexibility index (Phi) is 4.24. The molecule has 4 heteroatoms. The third-order valence-electron chi connectivity index (χ3n) is 3.70. The quantitative estimate of drug-likeness (QED) is 0.799. The molecule has 0 atom stereocenters. The molecule has 4 nitrogen and oxygen atoms in total. The van der Waals surface area contributed by atoms with E-state index >= 15 is 0 Å². The third kappa shape index (κ3) is 3.31. The first-order chi connectivity index (χ1) is 11.2. The minimum absolute atomic E-state index is 0.0907. The molecule has 0 saturated heterocycles. The van der Waals surface area contributed by atoms with Crippen molar-refractivity contribution in [2.45, 2.75) is 13.3 Å². The van der Waals surface area contributed by atoms with Crippen LogP contribution in [0.5, 0.6) is 5.75 Å². The molecule has 2 aromatic carbocycles. The van der Waals surface area contributed by atoms with Crippen LogP contribution in [0.15, 0.2) is 54.7 Å². The Bertz CT molecular complexity index is 854. The van der Waals surface area contributed by atoms with Gasteiger partial charge in [-0.25, -0.2) is 0 Å². The van der Waals surface area contributed by atoms with E-state index in [9.17, 15) is 4.79 Å². The van der Waals surface area contributed by atoms with E-state index in [1.807, 2.05) is 55.5 Å². The number of hydrogen-bond acceptors (Lipinski definition) is 3. The second-order valence-electron chi connectivity index (χ2n) is 5.42. The van der Waals surface area contributed by atoms with Crippen LogP contribution in [0, 0.1) is 6.92 Å². The second-order valence-corrected chi connectivity index (χ2v) is 5.42. The molecular weight excluding hydrogens is 288 g/mol. The number of anilines is 1. The summed E-state index contributed by atoms with van der Waals surface area (Å²) in [6, 6.07) is 15.5.